The highest BCUT2D eigenvalue weighted by molar-refractivity contribution is 5.72. The number of rotatable bonds is 2. The number of hydrogen-bond donors (Lipinski definition) is 2. The predicted molar refractivity (Wildman–Crippen MR) is 118 cm³/mol. The fourth-order valence-electron chi connectivity index (χ4n) is 8.88. The zero-order valence-electron chi connectivity index (χ0n) is 20.0. The number of esters is 1. The fraction of sp³-hybridized carbons (Fsp3) is 0.885. The number of methoxy groups -OCH3 is 1. The summed E-state index contributed by atoms with van der Waals surface area (Å²) in [5.41, 5.74) is 2.61. The second kappa shape index (κ2) is 6.81. The summed E-state index contributed by atoms with van der Waals surface area (Å²) in [4.78, 5) is 12.4. The average molecular weight is 419 g/mol. The molecule has 4 nitrogen and oxygen atoms in total. The number of aliphatic hydroxyl groups excluding tert-OH is 2. The van der Waals surface area contributed by atoms with Gasteiger partial charge in [-0.1, -0.05) is 52.7 Å². The lowest BCUT2D eigenvalue weighted by Crippen LogP contribution is -2.58. The van der Waals surface area contributed by atoms with Crippen molar-refractivity contribution in [1.29, 1.82) is 0 Å². The first kappa shape index (κ1) is 22.3. The van der Waals surface area contributed by atoms with Crippen molar-refractivity contribution in [3.8, 4) is 0 Å². The zero-order valence-corrected chi connectivity index (χ0v) is 20.0. The van der Waals surface area contributed by atoms with Gasteiger partial charge in [0.2, 0.25) is 0 Å². The largest absolute Gasteiger partial charge is 0.469 e. The van der Waals surface area contributed by atoms with Crippen LogP contribution in [0.2, 0.25) is 0 Å². The minimum Gasteiger partial charge on any atom is -0.469 e. The van der Waals surface area contributed by atoms with Crippen molar-refractivity contribution in [2.24, 2.45) is 39.4 Å². The van der Waals surface area contributed by atoms with Crippen LogP contribution >= 0.6 is 0 Å². The monoisotopic (exact) mass is 418 g/mol. The zero-order chi connectivity index (χ0) is 22.3. The van der Waals surface area contributed by atoms with Gasteiger partial charge in [0.05, 0.1) is 25.2 Å². The number of aliphatic hydroxyl groups is 2. The van der Waals surface area contributed by atoms with Crippen molar-refractivity contribution >= 4 is 5.97 Å². The van der Waals surface area contributed by atoms with Crippen molar-refractivity contribution in [2.75, 3.05) is 7.11 Å². The Balaban J connectivity index is 1.80. The molecule has 0 heterocycles. The molecule has 0 unspecified atom stereocenters. The summed E-state index contributed by atoms with van der Waals surface area (Å²) in [6, 6.07) is 0. The molecule has 0 aromatic carbocycles. The van der Waals surface area contributed by atoms with Gasteiger partial charge >= 0.3 is 5.97 Å². The molecule has 170 valence electrons. The van der Waals surface area contributed by atoms with E-state index < -0.39 is 6.10 Å². The lowest BCUT2D eigenvalue weighted by atomic mass is 9.42. The Morgan fingerprint density at radius 3 is 2.30 bits per heavy atom. The SMILES string of the molecule is COC(=O)[C@@H](C)[C@H]1CC[C@@]2(C)C3=C(C[C@@H](O)[C@]12C)[C@@]1(C)CC[C@H](O)C(C)(C)[C@@H]1CC3. The molecule has 2 fully saturated rings. The third-order valence-corrected chi connectivity index (χ3v) is 11.0. The topological polar surface area (TPSA) is 66.8 Å². The van der Waals surface area contributed by atoms with E-state index in [1.807, 2.05) is 6.92 Å². The minimum absolute atomic E-state index is 0.0493. The molecule has 30 heavy (non-hydrogen) atoms. The molecule has 0 radical (unpaired) electrons. The van der Waals surface area contributed by atoms with Crippen LogP contribution in [-0.4, -0.2) is 35.5 Å². The molecule has 0 spiro atoms. The normalized spacial score (nSPS) is 48.4. The van der Waals surface area contributed by atoms with Gasteiger partial charge in [0, 0.05) is 5.41 Å². The molecular weight excluding hydrogens is 376 g/mol. The quantitative estimate of drug-likeness (QED) is 0.496. The molecule has 0 amide bonds. The maximum Gasteiger partial charge on any atom is 0.308 e. The van der Waals surface area contributed by atoms with Gasteiger partial charge < -0.3 is 14.9 Å². The van der Waals surface area contributed by atoms with Gasteiger partial charge in [-0.25, -0.2) is 0 Å². The molecule has 0 saturated heterocycles. The first-order chi connectivity index (χ1) is 13.9. The number of ether oxygens (including phenoxy) is 1. The molecule has 0 bridgehead atoms. The molecule has 0 aromatic heterocycles. The third-order valence-electron chi connectivity index (χ3n) is 11.0. The van der Waals surface area contributed by atoms with Crippen molar-refractivity contribution in [3.63, 3.8) is 0 Å². The number of hydrogen-bond acceptors (Lipinski definition) is 4. The molecular formula is C26H42O4. The summed E-state index contributed by atoms with van der Waals surface area (Å²) < 4.78 is 5.09. The van der Waals surface area contributed by atoms with E-state index in [1.165, 1.54) is 12.7 Å². The molecule has 0 aromatic rings. The van der Waals surface area contributed by atoms with Crippen LogP contribution < -0.4 is 0 Å². The number of carbonyl (C=O) groups is 1. The van der Waals surface area contributed by atoms with Gasteiger partial charge in [-0.2, -0.15) is 0 Å². The molecule has 2 saturated carbocycles. The molecule has 0 aliphatic heterocycles. The predicted octanol–water partition coefficient (Wildman–Crippen LogP) is 4.88. The first-order valence-corrected chi connectivity index (χ1v) is 12.0. The Bertz CT molecular complexity index is 769. The highest BCUT2D eigenvalue weighted by Gasteiger charge is 2.66. The standard InChI is InChI=1S/C26H42O4/c1-15(22(29)30-7)16-10-13-25(5)17-8-9-19-23(2,3)20(27)11-12-24(19,4)18(17)14-21(28)26(16,25)6/h15-16,19-21,27-28H,8-14H2,1-7H3/t15-,16+,19-,20-,21+,24+,25-,26-/m0/s1. The van der Waals surface area contributed by atoms with Gasteiger partial charge in [-0.3, -0.25) is 4.79 Å². The second-order valence-corrected chi connectivity index (χ2v) is 12.1. The fourth-order valence-corrected chi connectivity index (χ4v) is 8.88. The lowest BCUT2D eigenvalue weighted by Gasteiger charge is -2.63. The van der Waals surface area contributed by atoms with E-state index in [-0.39, 0.29) is 45.6 Å². The highest BCUT2D eigenvalue weighted by Crippen LogP contribution is 2.72. The van der Waals surface area contributed by atoms with Crippen LogP contribution in [-0.2, 0) is 9.53 Å². The number of fused-ring (bicyclic) bond motifs is 4. The van der Waals surface area contributed by atoms with Crippen LogP contribution in [0.3, 0.4) is 0 Å². The van der Waals surface area contributed by atoms with Gasteiger partial charge in [0.1, 0.15) is 0 Å². The highest BCUT2D eigenvalue weighted by atomic mass is 16.5. The van der Waals surface area contributed by atoms with Crippen LogP contribution in [0.15, 0.2) is 11.1 Å². The average Bonchev–Trinajstić information content (AvgIpc) is 2.98. The van der Waals surface area contributed by atoms with E-state index in [1.54, 1.807) is 5.57 Å². The first-order valence-electron chi connectivity index (χ1n) is 12.0. The summed E-state index contributed by atoms with van der Waals surface area (Å²) in [6.45, 7) is 13.5. The summed E-state index contributed by atoms with van der Waals surface area (Å²) in [5, 5.41) is 22.4. The Kier molecular flexibility index (Phi) is 5.07. The van der Waals surface area contributed by atoms with E-state index in [2.05, 4.69) is 34.6 Å². The van der Waals surface area contributed by atoms with E-state index in [0.717, 1.165) is 38.5 Å². The number of carbonyl (C=O) groups excluding carboxylic acids is 1. The van der Waals surface area contributed by atoms with Crippen LogP contribution in [0.1, 0.15) is 86.5 Å². The Morgan fingerprint density at radius 1 is 1.00 bits per heavy atom. The van der Waals surface area contributed by atoms with Gasteiger partial charge in [0.25, 0.3) is 0 Å². The summed E-state index contributed by atoms with van der Waals surface area (Å²) in [7, 11) is 1.47. The van der Waals surface area contributed by atoms with Crippen molar-refractivity contribution < 1.29 is 19.7 Å². The van der Waals surface area contributed by atoms with Crippen molar-refractivity contribution in [3.05, 3.63) is 11.1 Å². The van der Waals surface area contributed by atoms with Crippen molar-refractivity contribution in [1.82, 2.24) is 0 Å². The molecule has 2 N–H and O–H groups in total. The molecule has 4 aliphatic rings. The van der Waals surface area contributed by atoms with E-state index >= 15 is 0 Å². The maximum absolute atomic E-state index is 12.4. The Labute approximate surface area is 182 Å². The minimum atomic E-state index is -0.452. The maximum atomic E-state index is 12.4. The van der Waals surface area contributed by atoms with Gasteiger partial charge in [0.15, 0.2) is 0 Å². The third kappa shape index (κ3) is 2.56. The Morgan fingerprint density at radius 2 is 1.67 bits per heavy atom. The van der Waals surface area contributed by atoms with Crippen molar-refractivity contribution in [2.45, 2.75) is 98.7 Å². The summed E-state index contributed by atoms with van der Waals surface area (Å²) in [6.07, 6.45) is 6.01. The van der Waals surface area contributed by atoms with E-state index in [0.29, 0.717) is 12.3 Å². The summed E-state index contributed by atoms with van der Waals surface area (Å²) in [5.74, 6) is 0.221. The molecule has 4 aliphatic carbocycles. The molecule has 4 heteroatoms. The molecule has 4 rings (SSSR count). The Hall–Kier alpha value is -0.870. The lowest BCUT2D eigenvalue weighted by molar-refractivity contribution is -0.153. The second-order valence-electron chi connectivity index (χ2n) is 12.1. The smallest absolute Gasteiger partial charge is 0.308 e. The number of allylic oxidation sites excluding steroid dienone is 1. The van der Waals surface area contributed by atoms with E-state index in [9.17, 15) is 15.0 Å². The molecule has 8 atom stereocenters. The van der Waals surface area contributed by atoms with Crippen LogP contribution in [0.4, 0.5) is 0 Å². The summed E-state index contributed by atoms with van der Waals surface area (Å²) >= 11 is 0. The van der Waals surface area contributed by atoms with Gasteiger partial charge in [-0.15, -0.1) is 0 Å². The van der Waals surface area contributed by atoms with Crippen LogP contribution in [0, 0.1) is 39.4 Å². The van der Waals surface area contributed by atoms with Crippen LogP contribution in [0.25, 0.3) is 0 Å². The van der Waals surface area contributed by atoms with Crippen LogP contribution in [0.5, 0.6) is 0 Å². The van der Waals surface area contributed by atoms with E-state index in [4.69, 9.17) is 4.74 Å². The van der Waals surface area contributed by atoms with Gasteiger partial charge in [-0.05, 0) is 73.0 Å².